The summed E-state index contributed by atoms with van der Waals surface area (Å²) in [6.07, 6.45) is -3.51. The largest absolute Gasteiger partial charge is 0.493 e. The fraction of sp³-hybridized carbons (Fsp3) is 0.409. The fourth-order valence-corrected chi connectivity index (χ4v) is 2.60. The molecule has 0 aliphatic rings. The van der Waals surface area contributed by atoms with Crippen molar-refractivity contribution >= 4 is 11.6 Å². The molecule has 2 aromatic rings. The van der Waals surface area contributed by atoms with Gasteiger partial charge in [-0.05, 0) is 23.3 Å². The molecule has 2 aromatic carbocycles. The Morgan fingerprint density at radius 1 is 1.03 bits per heavy atom. The number of ether oxygens (including phenoxy) is 3. The van der Waals surface area contributed by atoms with Gasteiger partial charge in [-0.3, -0.25) is 4.99 Å². The molecule has 0 aromatic heterocycles. The second-order valence-electron chi connectivity index (χ2n) is 6.70. The quantitative estimate of drug-likeness (QED) is 0.309. The first kappa shape index (κ1) is 24.5. The van der Waals surface area contributed by atoms with E-state index in [0.717, 1.165) is 23.4 Å². The van der Waals surface area contributed by atoms with Gasteiger partial charge in [-0.25, -0.2) is 0 Å². The highest BCUT2D eigenvalue weighted by atomic mass is 19.4. The summed E-state index contributed by atoms with van der Waals surface area (Å²) in [5.74, 6) is 1.33. The van der Waals surface area contributed by atoms with Gasteiger partial charge in [-0.15, -0.1) is 0 Å². The summed E-state index contributed by atoms with van der Waals surface area (Å²) >= 11 is 0. The Balaban J connectivity index is 1.80. The third-order valence-electron chi connectivity index (χ3n) is 4.10. The monoisotopic (exact) mass is 439 g/mol. The Morgan fingerprint density at radius 2 is 1.77 bits per heavy atom. The van der Waals surface area contributed by atoms with Crippen molar-refractivity contribution in [1.29, 1.82) is 0 Å². The van der Waals surface area contributed by atoms with Crippen molar-refractivity contribution in [2.24, 2.45) is 4.99 Å². The number of hydrogen-bond acceptors (Lipinski definition) is 4. The predicted octanol–water partition coefficient (Wildman–Crippen LogP) is 4.37. The zero-order valence-corrected chi connectivity index (χ0v) is 17.7. The number of guanidine groups is 1. The lowest BCUT2D eigenvalue weighted by Crippen LogP contribution is -2.30. The molecule has 31 heavy (non-hydrogen) atoms. The highest BCUT2D eigenvalue weighted by Gasteiger charge is 2.27. The second kappa shape index (κ2) is 12.8. The van der Waals surface area contributed by atoms with Gasteiger partial charge in [0.05, 0.1) is 13.2 Å². The van der Waals surface area contributed by atoms with Gasteiger partial charge >= 0.3 is 6.18 Å². The highest BCUT2D eigenvalue weighted by Crippen LogP contribution is 2.18. The van der Waals surface area contributed by atoms with Crippen molar-refractivity contribution in [1.82, 2.24) is 5.32 Å². The molecular weight excluding hydrogens is 411 g/mol. The molecule has 170 valence electrons. The maximum Gasteiger partial charge on any atom is 0.411 e. The average Bonchev–Trinajstić information content (AvgIpc) is 2.74. The van der Waals surface area contributed by atoms with Crippen LogP contribution in [-0.2, 0) is 22.6 Å². The van der Waals surface area contributed by atoms with Crippen LogP contribution in [0.2, 0.25) is 0 Å². The van der Waals surface area contributed by atoms with E-state index in [1.165, 1.54) is 0 Å². The maximum absolute atomic E-state index is 12.1. The molecule has 0 bridgehead atoms. The number of alkyl halides is 3. The zero-order valence-electron chi connectivity index (χ0n) is 17.7. The molecule has 0 saturated carbocycles. The number of anilines is 1. The summed E-state index contributed by atoms with van der Waals surface area (Å²) in [6, 6.07) is 14.7. The molecule has 0 saturated heterocycles. The lowest BCUT2D eigenvalue weighted by molar-refractivity contribution is -0.176. The molecule has 0 fully saturated rings. The van der Waals surface area contributed by atoms with E-state index in [0.29, 0.717) is 31.3 Å². The molecule has 9 heteroatoms. The Bertz CT molecular complexity index is 812. The van der Waals surface area contributed by atoms with Gasteiger partial charge in [0.1, 0.15) is 12.4 Å². The molecule has 0 heterocycles. The van der Waals surface area contributed by atoms with Crippen LogP contribution in [0.5, 0.6) is 5.75 Å². The minimum atomic E-state index is -4.32. The van der Waals surface area contributed by atoms with Crippen LogP contribution in [0.15, 0.2) is 53.5 Å². The van der Waals surface area contributed by atoms with Crippen LogP contribution in [0.3, 0.4) is 0 Å². The van der Waals surface area contributed by atoms with E-state index >= 15 is 0 Å². The molecule has 0 aliphatic heterocycles. The molecular formula is C22H28F3N3O3. The molecule has 0 aliphatic carbocycles. The number of aliphatic imine (C=N–C) groups is 1. The molecule has 2 rings (SSSR count). The van der Waals surface area contributed by atoms with Crippen molar-refractivity contribution in [3.8, 4) is 5.75 Å². The van der Waals surface area contributed by atoms with Crippen LogP contribution in [0, 0.1) is 0 Å². The summed E-state index contributed by atoms with van der Waals surface area (Å²) in [6.45, 7) is 0.381. The number of nitrogens with zero attached hydrogens (tertiary/aromatic N) is 1. The first-order chi connectivity index (χ1) is 14.9. The number of methoxy groups -OCH3 is 1. The molecule has 0 unspecified atom stereocenters. The number of hydrogen-bond donors (Lipinski definition) is 2. The van der Waals surface area contributed by atoms with E-state index in [4.69, 9.17) is 9.47 Å². The van der Waals surface area contributed by atoms with Crippen LogP contribution < -0.4 is 15.4 Å². The van der Waals surface area contributed by atoms with E-state index < -0.39 is 12.8 Å². The second-order valence-corrected chi connectivity index (χ2v) is 6.70. The summed E-state index contributed by atoms with van der Waals surface area (Å²) in [5.41, 5.74) is 2.46. The summed E-state index contributed by atoms with van der Waals surface area (Å²) in [7, 11) is 3.33. The van der Waals surface area contributed by atoms with E-state index in [2.05, 4.69) is 20.4 Å². The van der Waals surface area contributed by atoms with Crippen molar-refractivity contribution < 1.29 is 27.4 Å². The van der Waals surface area contributed by atoms with Crippen molar-refractivity contribution in [2.75, 3.05) is 39.3 Å². The normalized spacial score (nSPS) is 12.0. The lowest BCUT2D eigenvalue weighted by Gasteiger charge is -2.13. The molecule has 0 amide bonds. The predicted molar refractivity (Wildman–Crippen MR) is 114 cm³/mol. The van der Waals surface area contributed by atoms with Gasteiger partial charge in [-0.2, -0.15) is 13.2 Å². The zero-order chi connectivity index (χ0) is 22.5. The minimum absolute atomic E-state index is 0.0830. The fourth-order valence-electron chi connectivity index (χ4n) is 2.60. The van der Waals surface area contributed by atoms with Crippen LogP contribution >= 0.6 is 0 Å². The Labute approximate surface area is 180 Å². The topological polar surface area (TPSA) is 64.1 Å². The van der Waals surface area contributed by atoms with Crippen molar-refractivity contribution in [3.05, 3.63) is 59.7 Å². The average molecular weight is 439 g/mol. The third kappa shape index (κ3) is 10.2. The third-order valence-corrected chi connectivity index (χ3v) is 4.10. The Hall–Kier alpha value is -2.78. The molecule has 0 spiro atoms. The Kier molecular flexibility index (Phi) is 10.1. The number of benzene rings is 2. The van der Waals surface area contributed by atoms with Crippen LogP contribution in [0.25, 0.3) is 0 Å². The van der Waals surface area contributed by atoms with E-state index in [1.807, 2.05) is 36.4 Å². The van der Waals surface area contributed by atoms with E-state index in [-0.39, 0.29) is 6.61 Å². The van der Waals surface area contributed by atoms with Gasteiger partial charge in [0.2, 0.25) is 0 Å². The first-order valence-corrected chi connectivity index (χ1v) is 9.81. The number of halogens is 3. The van der Waals surface area contributed by atoms with Crippen LogP contribution in [0.1, 0.15) is 17.5 Å². The first-order valence-electron chi connectivity index (χ1n) is 9.81. The maximum atomic E-state index is 12.1. The Morgan fingerprint density at radius 3 is 2.45 bits per heavy atom. The minimum Gasteiger partial charge on any atom is -0.493 e. The van der Waals surface area contributed by atoms with Crippen LogP contribution in [0.4, 0.5) is 18.9 Å². The van der Waals surface area contributed by atoms with Crippen LogP contribution in [-0.4, -0.2) is 46.1 Å². The molecule has 2 N–H and O–H groups in total. The standard InChI is InChI=1S/C22H28F3N3O3/c1-26-21(28-19-5-3-6-20(13-19)31-12-4-11-29-2)27-14-17-7-9-18(10-8-17)15-30-16-22(23,24)25/h3,5-10,13H,4,11-12,14-16H2,1-2H3,(H2,26,27,28). The summed E-state index contributed by atoms with van der Waals surface area (Å²) in [5, 5.41) is 6.40. The highest BCUT2D eigenvalue weighted by molar-refractivity contribution is 5.93. The summed E-state index contributed by atoms with van der Waals surface area (Å²) in [4.78, 5) is 4.21. The number of nitrogens with one attached hydrogen (secondary N) is 2. The van der Waals surface area contributed by atoms with Crippen molar-refractivity contribution in [2.45, 2.75) is 25.7 Å². The van der Waals surface area contributed by atoms with Crippen molar-refractivity contribution in [3.63, 3.8) is 0 Å². The molecule has 0 atom stereocenters. The number of rotatable bonds is 11. The van der Waals surface area contributed by atoms with Gasteiger partial charge in [-0.1, -0.05) is 30.3 Å². The lowest BCUT2D eigenvalue weighted by atomic mass is 10.1. The van der Waals surface area contributed by atoms with Gasteiger partial charge in [0, 0.05) is 45.5 Å². The van der Waals surface area contributed by atoms with E-state index in [9.17, 15) is 13.2 Å². The molecule has 6 nitrogen and oxygen atoms in total. The van der Waals surface area contributed by atoms with E-state index in [1.54, 1.807) is 26.3 Å². The summed E-state index contributed by atoms with van der Waals surface area (Å²) < 4.78 is 51.8. The van der Waals surface area contributed by atoms with Gasteiger partial charge < -0.3 is 24.8 Å². The molecule has 0 radical (unpaired) electrons. The van der Waals surface area contributed by atoms with Gasteiger partial charge in [0.15, 0.2) is 5.96 Å². The smallest absolute Gasteiger partial charge is 0.411 e. The van der Waals surface area contributed by atoms with Gasteiger partial charge in [0.25, 0.3) is 0 Å². The SMILES string of the molecule is CN=C(NCc1ccc(COCC(F)(F)F)cc1)Nc1cccc(OCCCOC)c1.